The Morgan fingerprint density at radius 2 is 2.08 bits per heavy atom. The number of aliphatic hydroxyl groups excluding tert-OH is 2. The lowest BCUT2D eigenvalue weighted by Gasteiger charge is -2.24. The van der Waals surface area contributed by atoms with Gasteiger partial charge in [-0.05, 0) is 25.5 Å². The molecular weight excluding hydrogens is 306 g/mol. The van der Waals surface area contributed by atoms with Gasteiger partial charge in [0.2, 0.25) is 0 Å². The number of anilines is 1. The molecule has 3 rings (SSSR count). The summed E-state index contributed by atoms with van der Waals surface area (Å²) in [7, 11) is 2.06. The lowest BCUT2D eigenvalue weighted by Crippen LogP contribution is -2.35. The number of nitrogens with two attached hydrogens (primary N) is 1. The highest BCUT2D eigenvalue weighted by atomic mass is 16.3. The summed E-state index contributed by atoms with van der Waals surface area (Å²) < 4.78 is 1.92. The molecule has 4 N–H and O–H groups in total. The Labute approximate surface area is 142 Å². The van der Waals surface area contributed by atoms with Crippen LogP contribution in [0.1, 0.15) is 26.3 Å². The lowest BCUT2D eigenvalue weighted by molar-refractivity contribution is 0.00126. The van der Waals surface area contributed by atoms with E-state index in [1.165, 1.54) is 6.33 Å². The molecule has 1 aliphatic rings. The van der Waals surface area contributed by atoms with Crippen LogP contribution in [0.25, 0.3) is 11.0 Å². The van der Waals surface area contributed by atoms with E-state index in [1.807, 2.05) is 16.8 Å². The van der Waals surface area contributed by atoms with Crippen molar-refractivity contribution in [2.75, 3.05) is 25.9 Å². The molecule has 0 radical (unpaired) electrons. The minimum absolute atomic E-state index is 0.0328. The second-order valence-corrected chi connectivity index (χ2v) is 7.38. The van der Waals surface area contributed by atoms with Gasteiger partial charge < -0.3 is 25.4 Å². The summed E-state index contributed by atoms with van der Waals surface area (Å²) in [6, 6.07) is 1.66. The summed E-state index contributed by atoms with van der Waals surface area (Å²) in [5, 5.41) is 21.8. The second kappa shape index (κ2) is 6.66. The maximum Gasteiger partial charge on any atom is 0.145 e. The Bertz CT molecular complexity index is 701. The quantitative estimate of drug-likeness (QED) is 0.751. The molecule has 2 aromatic rings. The van der Waals surface area contributed by atoms with E-state index in [2.05, 4.69) is 35.8 Å². The fraction of sp³-hybridized carbons (Fsp3) is 0.647. The highest BCUT2D eigenvalue weighted by Gasteiger charge is 2.43. The molecule has 0 aromatic carbocycles. The van der Waals surface area contributed by atoms with E-state index in [1.54, 1.807) is 0 Å². The number of nitrogen functional groups attached to an aromatic ring is 1. The zero-order chi connectivity index (χ0) is 17.4. The number of rotatable bonds is 5. The van der Waals surface area contributed by atoms with Crippen LogP contribution in [0, 0.1) is 11.8 Å². The lowest BCUT2D eigenvalue weighted by atomic mass is 10.0. The minimum atomic E-state index is -0.811. The van der Waals surface area contributed by atoms with Crippen LogP contribution in [0.3, 0.4) is 0 Å². The molecule has 0 aliphatic heterocycles. The third kappa shape index (κ3) is 3.11. The molecule has 2 aromatic heterocycles. The second-order valence-electron chi connectivity index (χ2n) is 7.38. The van der Waals surface area contributed by atoms with Crippen LogP contribution in [0.2, 0.25) is 0 Å². The summed E-state index contributed by atoms with van der Waals surface area (Å²) in [4.78, 5) is 10.5. The molecule has 0 spiro atoms. The van der Waals surface area contributed by atoms with Crippen LogP contribution in [-0.4, -0.2) is 62.0 Å². The predicted octanol–water partition coefficient (Wildman–Crippen LogP) is 0.884. The van der Waals surface area contributed by atoms with Crippen LogP contribution in [-0.2, 0) is 0 Å². The Morgan fingerprint density at radius 3 is 2.79 bits per heavy atom. The number of hydrogen-bond acceptors (Lipinski definition) is 6. The number of aliphatic hydroxyl groups is 2. The van der Waals surface area contributed by atoms with Crippen LogP contribution < -0.4 is 5.73 Å². The van der Waals surface area contributed by atoms with Crippen molar-refractivity contribution in [3.63, 3.8) is 0 Å². The third-order valence-electron chi connectivity index (χ3n) is 4.89. The van der Waals surface area contributed by atoms with E-state index < -0.39 is 12.2 Å². The molecule has 7 heteroatoms. The summed E-state index contributed by atoms with van der Waals surface area (Å²) in [6.07, 6.45) is 2.46. The molecule has 7 nitrogen and oxygen atoms in total. The minimum Gasteiger partial charge on any atom is -0.390 e. The predicted molar refractivity (Wildman–Crippen MR) is 93.4 cm³/mol. The first-order valence-corrected chi connectivity index (χ1v) is 8.50. The number of nitrogens with zero attached hydrogens (tertiary/aromatic N) is 4. The maximum absolute atomic E-state index is 10.6. The number of aromatic nitrogens is 3. The van der Waals surface area contributed by atoms with E-state index in [9.17, 15) is 10.2 Å². The van der Waals surface area contributed by atoms with Gasteiger partial charge in [-0.1, -0.05) is 13.8 Å². The zero-order valence-corrected chi connectivity index (χ0v) is 14.5. The van der Waals surface area contributed by atoms with Gasteiger partial charge in [-0.15, -0.1) is 0 Å². The van der Waals surface area contributed by atoms with E-state index in [0.29, 0.717) is 23.8 Å². The normalized spacial score (nSPS) is 27.6. The van der Waals surface area contributed by atoms with Crippen molar-refractivity contribution in [2.45, 2.75) is 38.5 Å². The molecule has 2 heterocycles. The van der Waals surface area contributed by atoms with E-state index in [0.717, 1.165) is 18.5 Å². The van der Waals surface area contributed by atoms with Crippen molar-refractivity contribution in [1.29, 1.82) is 0 Å². The summed E-state index contributed by atoms with van der Waals surface area (Å²) in [6.45, 7) is 6.09. The molecule has 24 heavy (non-hydrogen) atoms. The van der Waals surface area contributed by atoms with Crippen molar-refractivity contribution < 1.29 is 10.2 Å². The van der Waals surface area contributed by atoms with E-state index in [4.69, 9.17) is 5.73 Å². The zero-order valence-electron chi connectivity index (χ0n) is 14.5. The van der Waals surface area contributed by atoms with Crippen molar-refractivity contribution >= 4 is 16.9 Å². The van der Waals surface area contributed by atoms with Gasteiger partial charge in [-0.25, -0.2) is 9.97 Å². The van der Waals surface area contributed by atoms with Crippen molar-refractivity contribution in [3.8, 4) is 0 Å². The summed E-state index contributed by atoms with van der Waals surface area (Å²) in [5.41, 5.74) is 6.59. The SMILES string of the molecule is CC(C)CN(C)C[C@H]1C[C@@H](n2ccc3c(N)ncnc32)[C@H](O)[C@@H]1O. The maximum atomic E-state index is 10.6. The van der Waals surface area contributed by atoms with Gasteiger partial charge in [0.25, 0.3) is 0 Å². The molecule has 0 bridgehead atoms. The van der Waals surface area contributed by atoms with E-state index in [-0.39, 0.29) is 12.0 Å². The van der Waals surface area contributed by atoms with Gasteiger partial charge in [0.15, 0.2) is 0 Å². The molecule has 1 aliphatic carbocycles. The monoisotopic (exact) mass is 333 g/mol. The first kappa shape index (κ1) is 17.1. The molecular formula is C17H27N5O2. The van der Waals surface area contributed by atoms with Crippen molar-refractivity contribution in [3.05, 3.63) is 18.6 Å². The molecule has 1 fully saturated rings. The molecule has 0 saturated heterocycles. The average Bonchev–Trinajstić information content (AvgIpc) is 3.04. The van der Waals surface area contributed by atoms with Gasteiger partial charge >= 0.3 is 0 Å². The van der Waals surface area contributed by atoms with Gasteiger partial charge in [-0.3, -0.25) is 0 Å². The summed E-state index contributed by atoms with van der Waals surface area (Å²) >= 11 is 0. The Kier molecular flexibility index (Phi) is 4.76. The fourth-order valence-electron chi connectivity index (χ4n) is 3.91. The number of fused-ring (bicyclic) bond motifs is 1. The smallest absolute Gasteiger partial charge is 0.145 e. The molecule has 0 amide bonds. The van der Waals surface area contributed by atoms with Crippen LogP contribution in [0.4, 0.5) is 5.82 Å². The van der Waals surface area contributed by atoms with E-state index >= 15 is 0 Å². The molecule has 1 saturated carbocycles. The highest BCUT2D eigenvalue weighted by Crippen LogP contribution is 2.37. The van der Waals surface area contributed by atoms with Gasteiger partial charge in [0.05, 0.1) is 17.5 Å². The fourth-order valence-corrected chi connectivity index (χ4v) is 3.91. The average molecular weight is 333 g/mol. The van der Waals surface area contributed by atoms with Gasteiger partial charge in [0, 0.05) is 25.2 Å². The highest BCUT2D eigenvalue weighted by molar-refractivity contribution is 5.86. The first-order chi connectivity index (χ1) is 11.4. The van der Waals surface area contributed by atoms with Crippen LogP contribution in [0.15, 0.2) is 18.6 Å². The van der Waals surface area contributed by atoms with Crippen LogP contribution >= 0.6 is 0 Å². The van der Waals surface area contributed by atoms with Crippen molar-refractivity contribution in [2.24, 2.45) is 11.8 Å². The van der Waals surface area contributed by atoms with Gasteiger partial charge in [0.1, 0.15) is 23.9 Å². The third-order valence-corrected chi connectivity index (χ3v) is 4.89. The molecule has 0 unspecified atom stereocenters. The topological polar surface area (TPSA) is 100 Å². The van der Waals surface area contributed by atoms with Crippen molar-refractivity contribution in [1.82, 2.24) is 19.4 Å². The molecule has 4 atom stereocenters. The van der Waals surface area contributed by atoms with Crippen LogP contribution in [0.5, 0.6) is 0 Å². The molecule has 132 valence electrons. The largest absolute Gasteiger partial charge is 0.390 e. The number of hydrogen-bond donors (Lipinski definition) is 3. The standard InChI is InChI=1S/C17H27N5O2/c1-10(2)7-21(3)8-11-6-13(15(24)14(11)23)22-5-4-12-16(18)19-9-20-17(12)22/h4-5,9-11,13-15,23-24H,6-8H2,1-3H3,(H2,18,19,20)/t11-,13-,14-,15+/m1/s1. The van der Waals surface area contributed by atoms with Gasteiger partial charge in [-0.2, -0.15) is 0 Å². The Morgan fingerprint density at radius 1 is 1.33 bits per heavy atom. The Balaban J connectivity index is 1.80. The Hall–Kier alpha value is -1.70. The first-order valence-electron chi connectivity index (χ1n) is 8.50. The summed E-state index contributed by atoms with van der Waals surface area (Å²) in [5.74, 6) is 1.03.